The number of furan rings is 1. The van der Waals surface area contributed by atoms with Gasteiger partial charge in [0.25, 0.3) is 0 Å². The van der Waals surface area contributed by atoms with Gasteiger partial charge in [-0.1, -0.05) is 13.8 Å². The number of carboxylic acid groups (broad SMARTS) is 1. The average molecular weight is 289 g/mol. The maximum absolute atomic E-state index is 12.4. The van der Waals surface area contributed by atoms with Crippen molar-refractivity contribution in [2.75, 3.05) is 7.05 Å². The second-order valence-corrected chi connectivity index (χ2v) is 6.81. The van der Waals surface area contributed by atoms with Crippen molar-refractivity contribution in [3.63, 3.8) is 0 Å². The zero-order valence-electron chi connectivity index (χ0n) is 11.7. The molecule has 1 unspecified atom stereocenters. The summed E-state index contributed by atoms with van der Waals surface area (Å²) in [5, 5.41) is 8.82. The minimum absolute atomic E-state index is 0.0835. The third kappa shape index (κ3) is 2.98. The summed E-state index contributed by atoms with van der Waals surface area (Å²) in [6.45, 7) is 7.08. The molecular weight excluding hydrogens is 270 g/mol. The molecule has 0 aliphatic heterocycles. The quantitative estimate of drug-likeness (QED) is 0.895. The fourth-order valence-electron chi connectivity index (χ4n) is 1.62. The second-order valence-electron chi connectivity index (χ2n) is 4.84. The summed E-state index contributed by atoms with van der Waals surface area (Å²) in [6, 6.07) is 0.851. The largest absolute Gasteiger partial charge is 0.475 e. The molecule has 0 bridgehead atoms. The lowest BCUT2D eigenvalue weighted by atomic mass is 10.1. The van der Waals surface area contributed by atoms with Crippen LogP contribution in [0.2, 0.25) is 0 Å². The van der Waals surface area contributed by atoms with E-state index in [1.165, 1.54) is 18.3 Å². The van der Waals surface area contributed by atoms with Crippen molar-refractivity contribution in [1.82, 2.24) is 4.31 Å². The van der Waals surface area contributed by atoms with Crippen LogP contribution < -0.4 is 0 Å². The normalized spacial score (nSPS) is 14.1. The fourth-order valence-corrected chi connectivity index (χ4v) is 3.27. The Bertz CT molecular complexity index is 573. The summed E-state index contributed by atoms with van der Waals surface area (Å²) < 4.78 is 31.0. The molecule has 1 aromatic heterocycles. The predicted octanol–water partition coefficient (Wildman–Crippen LogP) is 1.95. The van der Waals surface area contributed by atoms with E-state index in [2.05, 4.69) is 0 Å². The van der Waals surface area contributed by atoms with Gasteiger partial charge in [0.1, 0.15) is 10.7 Å². The van der Waals surface area contributed by atoms with Crippen molar-refractivity contribution >= 4 is 16.0 Å². The predicted molar refractivity (Wildman–Crippen MR) is 69.7 cm³/mol. The van der Waals surface area contributed by atoms with Crippen LogP contribution in [0.4, 0.5) is 0 Å². The number of nitrogens with zero attached hydrogens (tertiary/aromatic N) is 1. The number of aryl methyl sites for hydroxylation is 1. The van der Waals surface area contributed by atoms with Gasteiger partial charge in [0.2, 0.25) is 15.8 Å². The minimum Gasteiger partial charge on any atom is -0.475 e. The van der Waals surface area contributed by atoms with E-state index in [-0.39, 0.29) is 28.4 Å². The molecule has 6 nitrogen and oxygen atoms in total. The van der Waals surface area contributed by atoms with Gasteiger partial charge in [-0.05, 0) is 19.8 Å². The van der Waals surface area contributed by atoms with E-state index in [9.17, 15) is 13.2 Å². The highest BCUT2D eigenvalue weighted by atomic mass is 32.2. The molecule has 0 radical (unpaired) electrons. The first-order valence-corrected chi connectivity index (χ1v) is 7.34. The van der Waals surface area contributed by atoms with Gasteiger partial charge < -0.3 is 9.52 Å². The van der Waals surface area contributed by atoms with Crippen molar-refractivity contribution in [3.05, 3.63) is 17.6 Å². The van der Waals surface area contributed by atoms with Crippen LogP contribution in [0.25, 0.3) is 0 Å². The van der Waals surface area contributed by atoms with Gasteiger partial charge in [0.15, 0.2) is 0 Å². The molecule has 19 heavy (non-hydrogen) atoms. The Morgan fingerprint density at radius 3 is 2.26 bits per heavy atom. The monoisotopic (exact) mass is 289 g/mol. The summed E-state index contributed by atoms with van der Waals surface area (Å²) in [7, 11) is -2.27. The Morgan fingerprint density at radius 2 is 1.89 bits per heavy atom. The SMILES string of the molecule is Cc1oc(C(=O)O)cc1S(=O)(=O)N(C)C(C)C(C)C. The van der Waals surface area contributed by atoms with E-state index in [1.54, 1.807) is 6.92 Å². The average Bonchev–Trinajstić information content (AvgIpc) is 2.69. The Labute approximate surface area is 113 Å². The zero-order valence-corrected chi connectivity index (χ0v) is 12.5. The Balaban J connectivity index is 3.24. The van der Waals surface area contributed by atoms with Crippen LogP contribution in [0.15, 0.2) is 15.4 Å². The molecule has 1 heterocycles. The number of rotatable bonds is 5. The first kappa shape index (κ1) is 15.7. The summed E-state index contributed by atoms with van der Waals surface area (Å²) in [4.78, 5) is 10.7. The molecule has 0 aliphatic carbocycles. The van der Waals surface area contributed by atoms with Crippen molar-refractivity contribution < 1.29 is 22.7 Å². The molecule has 0 aliphatic rings. The van der Waals surface area contributed by atoms with Crippen LogP contribution in [0, 0.1) is 12.8 Å². The molecule has 7 heteroatoms. The standard InChI is InChI=1S/C12H19NO5S/c1-7(2)8(3)13(5)19(16,17)11-6-10(12(14)15)18-9(11)4/h6-8H,1-5H3,(H,14,15). The van der Waals surface area contributed by atoms with Gasteiger partial charge in [0, 0.05) is 19.2 Å². The van der Waals surface area contributed by atoms with Gasteiger partial charge in [-0.3, -0.25) is 0 Å². The van der Waals surface area contributed by atoms with E-state index >= 15 is 0 Å². The summed E-state index contributed by atoms with van der Waals surface area (Å²) >= 11 is 0. The Hall–Kier alpha value is -1.34. The number of sulfonamides is 1. The molecule has 0 aromatic carbocycles. The molecule has 108 valence electrons. The molecular formula is C12H19NO5S. The van der Waals surface area contributed by atoms with Crippen LogP contribution in [0.1, 0.15) is 37.1 Å². The van der Waals surface area contributed by atoms with Crippen molar-refractivity contribution in [2.45, 2.75) is 38.6 Å². The number of hydrogen-bond donors (Lipinski definition) is 1. The highest BCUT2D eigenvalue weighted by Gasteiger charge is 2.31. The summed E-state index contributed by atoms with van der Waals surface area (Å²) in [5.41, 5.74) is 0. The molecule has 0 fully saturated rings. The van der Waals surface area contributed by atoms with Crippen LogP contribution in [-0.4, -0.2) is 36.9 Å². The first-order valence-electron chi connectivity index (χ1n) is 5.90. The first-order chi connectivity index (χ1) is 8.59. The topological polar surface area (TPSA) is 87.8 Å². The lowest BCUT2D eigenvalue weighted by Crippen LogP contribution is -2.38. The van der Waals surface area contributed by atoms with Crippen LogP contribution in [0.3, 0.4) is 0 Å². The van der Waals surface area contributed by atoms with Gasteiger partial charge in [0.05, 0.1) is 0 Å². The van der Waals surface area contributed by atoms with E-state index in [0.29, 0.717) is 0 Å². The highest BCUT2D eigenvalue weighted by Crippen LogP contribution is 2.25. The number of carbonyl (C=O) groups is 1. The third-order valence-corrected chi connectivity index (χ3v) is 5.33. The van der Waals surface area contributed by atoms with Crippen molar-refractivity contribution in [3.8, 4) is 0 Å². The zero-order chi connectivity index (χ0) is 15.0. The van der Waals surface area contributed by atoms with Gasteiger partial charge in [-0.25, -0.2) is 13.2 Å². The van der Waals surface area contributed by atoms with Crippen LogP contribution in [-0.2, 0) is 10.0 Å². The maximum atomic E-state index is 12.4. The van der Waals surface area contributed by atoms with E-state index in [1.807, 2.05) is 13.8 Å². The second kappa shape index (κ2) is 5.34. The van der Waals surface area contributed by atoms with Gasteiger partial charge in [-0.2, -0.15) is 4.31 Å². The van der Waals surface area contributed by atoms with E-state index in [4.69, 9.17) is 9.52 Å². The molecule has 1 aromatic rings. The van der Waals surface area contributed by atoms with Gasteiger partial charge >= 0.3 is 5.97 Å². The number of aromatic carboxylic acids is 1. The third-order valence-electron chi connectivity index (χ3n) is 3.28. The van der Waals surface area contributed by atoms with Crippen LogP contribution in [0.5, 0.6) is 0 Å². The molecule has 0 amide bonds. The summed E-state index contributed by atoms with van der Waals surface area (Å²) in [5.74, 6) is -1.43. The molecule has 0 spiro atoms. The molecule has 1 atom stereocenters. The van der Waals surface area contributed by atoms with Crippen molar-refractivity contribution in [1.29, 1.82) is 0 Å². The molecule has 0 saturated heterocycles. The van der Waals surface area contributed by atoms with Gasteiger partial charge in [-0.15, -0.1) is 0 Å². The lowest BCUT2D eigenvalue weighted by molar-refractivity contribution is 0.0661. The Morgan fingerprint density at radius 1 is 1.37 bits per heavy atom. The molecule has 1 N–H and O–H groups in total. The van der Waals surface area contributed by atoms with E-state index in [0.717, 1.165) is 6.07 Å². The minimum atomic E-state index is -3.75. The van der Waals surface area contributed by atoms with Crippen molar-refractivity contribution in [2.24, 2.45) is 5.92 Å². The lowest BCUT2D eigenvalue weighted by Gasteiger charge is -2.26. The smallest absolute Gasteiger partial charge is 0.371 e. The Kier molecular flexibility index (Phi) is 4.42. The summed E-state index contributed by atoms with van der Waals surface area (Å²) in [6.07, 6.45) is 0. The number of hydrogen-bond acceptors (Lipinski definition) is 4. The fraction of sp³-hybridized carbons (Fsp3) is 0.583. The highest BCUT2D eigenvalue weighted by molar-refractivity contribution is 7.89. The molecule has 0 saturated carbocycles. The number of carboxylic acids is 1. The molecule has 1 rings (SSSR count). The van der Waals surface area contributed by atoms with Crippen LogP contribution >= 0.6 is 0 Å². The van der Waals surface area contributed by atoms with E-state index < -0.39 is 16.0 Å². The maximum Gasteiger partial charge on any atom is 0.371 e.